The zero-order valence-electron chi connectivity index (χ0n) is 12.5. The van der Waals surface area contributed by atoms with Gasteiger partial charge in [0.1, 0.15) is 0 Å². The fourth-order valence-electron chi connectivity index (χ4n) is 2.30. The number of fused-ring (bicyclic) bond motifs is 1. The van der Waals surface area contributed by atoms with Crippen LogP contribution in [0.5, 0.6) is 11.5 Å². The average molecular weight is 357 g/mol. The molecule has 2 aromatic rings. The van der Waals surface area contributed by atoms with E-state index in [0.717, 1.165) is 6.26 Å². The van der Waals surface area contributed by atoms with E-state index in [0.29, 0.717) is 12.0 Å². The zero-order chi connectivity index (χ0) is 17.5. The molecule has 0 unspecified atom stereocenters. The van der Waals surface area contributed by atoms with E-state index in [1.54, 1.807) is 6.07 Å². The number of rotatable bonds is 4. The van der Waals surface area contributed by atoms with Crippen molar-refractivity contribution in [2.75, 3.05) is 6.26 Å². The Morgan fingerprint density at radius 3 is 2.54 bits per heavy atom. The molecule has 0 amide bonds. The molecule has 6 nitrogen and oxygen atoms in total. The molecule has 0 saturated carbocycles. The summed E-state index contributed by atoms with van der Waals surface area (Å²) >= 11 is 0. The van der Waals surface area contributed by atoms with Gasteiger partial charge in [0.05, 0.1) is 4.90 Å². The first-order valence-electron chi connectivity index (χ1n) is 6.93. The lowest BCUT2D eigenvalue weighted by atomic mass is 10.1. The van der Waals surface area contributed by atoms with E-state index in [9.17, 15) is 22.0 Å². The molecule has 0 aliphatic carbocycles. The molecule has 24 heavy (non-hydrogen) atoms. The summed E-state index contributed by atoms with van der Waals surface area (Å²) in [6.07, 6.45) is -1.04. The van der Waals surface area contributed by atoms with Gasteiger partial charge in [-0.2, -0.15) is 0 Å². The van der Waals surface area contributed by atoms with Crippen LogP contribution in [0.25, 0.3) is 0 Å². The maximum absolute atomic E-state index is 13.0. The summed E-state index contributed by atoms with van der Waals surface area (Å²) in [4.78, 5) is 11.9. The van der Waals surface area contributed by atoms with Crippen LogP contribution in [0.3, 0.4) is 0 Å². The van der Waals surface area contributed by atoms with Crippen molar-refractivity contribution in [2.24, 2.45) is 0 Å². The number of pyridine rings is 1. The molecule has 0 radical (unpaired) electrons. The molecule has 1 aliphatic heterocycles. The monoisotopic (exact) mass is 357 g/mol. The summed E-state index contributed by atoms with van der Waals surface area (Å²) < 4.78 is 59.0. The summed E-state index contributed by atoms with van der Waals surface area (Å²) in [7, 11) is -3.43. The molecule has 0 saturated heterocycles. The fraction of sp³-hybridized carbons (Fsp3) is 0.267. The first-order valence-corrected chi connectivity index (χ1v) is 8.82. The highest BCUT2D eigenvalue weighted by Gasteiger charge is 2.43. The van der Waals surface area contributed by atoms with Crippen LogP contribution in [0, 0.1) is 0 Å². The van der Waals surface area contributed by atoms with E-state index in [2.05, 4.69) is 9.47 Å². The van der Waals surface area contributed by atoms with Gasteiger partial charge in [-0.3, -0.25) is 4.79 Å². The molecule has 1 aromatic carbocycles. The van der Waals surface area contributed by atoms with Gasteiger partial charge in [0.25, 0.3) is 5.56 Å². The number of hydrogen-bond donors (Lipinski definition) is 0. The Bertz CT molecular complexity index is 953. The highest BCUT2D eigenvalue weighted by Crippen LogP contribution is 2.41. The van der Waals surface area contributed by atoms with Crippen LogP contribution in [0.15, 0.2) is 46.2 Å². The second kappa shape index (κ2) is 5.59. The Labute approximate surface area is 136 Å². The van der Waals surface area contributed by atoms with Crippen molar-refractivity contribution < 1.29 is 26.7 Å². The highest BCUT2D eigenvalue weighted by molar-refractivity contribution is 7.90. The number of halogens is 2. The minimum absolute atomic E-state index is 0.0347. The van der Waals surface area contributed by atoms with Crippen molar-refractivity contribution in [3.05, 3.63) is 52.4 Å². The standard InChI is InChI=1S/C15H13F2NO5S/c1-24(20,21)11-3-5-14(19)18(9-11)7-6-10-2-4-12-13(8-10)23-15(16,17)22-12/h2-5,8-9H,6-7H2,1H3. The van der Waals surface area contributed by atoms with Crippen molar-refractivity contribution in [1.29, 1.82) is 0 Å². The molecule has 0 fully saturated rings. The third-order valence-corrected chi connectivity index (χ3v) is 4.59. The predicted octanol–water partition coefficient (Wildman–Crippen LogP) is 1.82. The maximum atomic E-state index is 13.0. The van der Waals surface area contributed by atoms with E-state index >= 15 is 0 Å². The van der Waals surface area contributed by atoms with Crippen LogP contribution in [-0.2, 0) is 22.8 Å². The topological polar surface area (TPSA) is 74.6 Å². The molecule has 0 bridgehead atoms. The normalized spacial score (nSPS) is 15.5. The lowest BCUT2D eigenvalue weighted by Crippen LogP contribution is -2.25. The Balaban J connectivity index is 1.79. The number of aromatic nitrogens is 1. The van der Waals surface area contributed by atoms with Crippen LogP contribution in [0.2, 0.25) is 0 Å². The Morgan fingerprint density at radius 1 is 1.12 bits per heavy atom. The van der Waals surface area contributed by atoms with Gasteiger partial charge >= 0.3 is 6.29 Å². The number of aryl methyl sites for hydroxylation is 2. The highest BCUT2D eigenvalue weighted by atomic mass is 32.2. The van der Waals surface area contributed by atoms with Gasteiger partial charge in [0.15, 0.2) is 21.3 Å². The Kier molecular flexibility index (Phi) is 3.83. The van der Waals surface area contributed by atoms with Crippen molar-refractivity contribution in [3.8, 4) is 11.5 Å². The van der Waals surface area contributed by atoms with Crippen LogP contribution in [-0.4, -0.2) is 25.5 Å². The number of hydrogen-bond acceptors (Lipinski definition) is 5. The van der Waals surface area contributed by atoms with Crippen LogP contribution in [0.4, 0.5) is 8.78 Å². The SMILES string of the molecule is CS(=O)(=O)c1ccc(=O)n(CCc2ccc3c(c2)OC(F)(F)O3)c1. The van der Waals surface area contributed by atoms with E-state index in [1.807, 2.05) is 0 Å². The first-order chi connectivity index (χ1) is 11.1. The van der Waals surface area contributed by atoms with E-state index in [4.69, 9.17) is 0 Å². The molecular formula is C15H13F2NO5S. The van der Waals surface area contributed by atoms with Gasteiger partial charge in [0.2, 0.25) is 0 Å². The van der Waals surface area contributed by atoms with E-state index < -0.39 is 16.1 Å². The minimum Gasteiger partial charge on any atom is -0.395 e. The molecule has 0 spiro atoms. The molecule has 0 N–H and O–H groups in total. The van der Waals surface area contributed by atoms with E-state index in [1.165, 1.54) is 35.0 Å². The maximum Gasteiger partial charge on any atom is 0.586 e. The number of alkyl halides is 2. The van der Waals surface area contributed by atoms with Crippen molar-refractivity contribution in [2.45, 2.75) is 24.2 Å². The average Bonchev–Trinajstić information content (AvgIpc) is 2.78. The molecular weight excluding hydrogens is 344 g/mol. The van der Waals surface area contributed by atoms with Crippen LogP contribution >= 0.6 is 0 Å². The minimum atomic E-state index is -3.68. The van der Waals surface area contributed by atoms with Crippen LogP contribution < -0.4 is 15.0 Å². The number of ether oxygens (including phenoxy) is 2. The smallest absolute Gasteiger partial charge is 0.395 e. The Morgan fingerprint density at radius 2 is 1.83 bits per heavy atom. The first kappa shape index (κ1) is 16.4. The number of benzene rings is 1. The Hall–Kier alpha value is -2.42. The molecule has 3 rings (SSSR count). The second-order valence-electron chi connectivity index (χ2n) is 5.37. The zero-order valence-corrected chi connectivity index (χ0v) is 13.3. The van der Waals surface area contributed by atoms with Crippen LogP contribution in [0.1, 0.15) is 5.56 Å². The van der Waals surface area contributed by atoms with Gasteiger partial charge in [-0.1, -0.05) is 6.07 Å². The van der Waals surface area contributed by atoms with Gasteiger partial charge < -0.3 is 14.0 Å². The fourth-order valence-corrected chi connectivity index (χ4v) is 2.94. The second-order valence-corrected chi connectivity index (χ2v) is 7.38. The van der Waals surface area contributed by atoms with Crippen molar-refractivity contribution >= 4 is 9.84 Å². The molecule has 0 atom stereocenters. The van der Waals surface area contributed by atoms with Gasteiger partial charge in [0, 0.05) is 25.1 Å². The number of nitrogens with zero attached hydrogens (tertiary/aromatic N) is 1. The molecule has 2 heterocycles. The quantitative estimate of drug-likeness (QED) is 0.834. The summed E-state index contributed by atoms with van der Waals surface area (Å²) in [6, 6.07) is 6.77. The summed E-state index contributed by atoms with van der Waals surface area (Å²) in [5.41, 5.74) is 0.293. The summed E-state index contributed by atoms with van der Waals surface area (Å²) in [6.45, 7) is 0.193. The molecule has 1 aromatic heterocycles. The third-order valence-electron chi connectivity index (χ3n) is 3.49. The summed E-state index contributed by atoms with van der Waals surface area (Å²) in [5.74, 6) is -0.130. The summed E-state index contributed by atoms with van der Waals surface area (Å²) in [5, 5.41) is 0. The number of sulfone groups is 1. The van der Waals surface area contributed by atoms with Gasteiger partial charge in [-0.25, -0.2) is 8.42 Å². The van der Waals surface area contributed by atoms with Crippen molar-refractivity contribution in [3.63, 3.8) is 0 Å². The third kappa shape index (κ3) is 3.40. The molecule has 1 aliphatic rings. The lowest BCUT2D eigenvalue weighted by Gasteiger charge is -2.08. The van der Waals surface area contributed by atoms with Gasteiger partial charge in [-0.15, -0.1) is 8.78 Å². The molecule has 128 valence electrons. The van der Waals surface area contributed by atoms with Crippen molar-refractivity contribution in [1.82, 2.24) is 4.57 Å². The lowest BCUT2D eigenvalue weighted by molar-refractivity contribution is -0.286. The van der Waals surface area contributed by atoms with E-state index in [-0.39, 0.29) is 28.5 Å². The largest absolute Gasteiger partial charge is 0.586 e. The molecule has 9 heteroatoms. The predicted molar refractivity (Wildman–Crippen MR) is 80.2 cm³/mol. The van der Waals surface area contributed by atoms with Gasteiger partial charge in [-0.05, 0) is 30.2 Å².